The van der Waals surface area contributed by atoms with E-state index in [2.05, 4.69) is 18.5 Å². The van der Waals surface area contributed by atoms with Crippen LogP contribution in [-0.4, -0.2) is 5.91 Å². The van der Waals surface area contributed by atoms with Crippen molar-refractivity contribution >= 4 is 12.0 Å². The number of amides is 1. The van der Waals surface area contributed by atoms with Crippen molar-refractivity contribution in [3.8, 4) is 0 Å². The summed E-state index contributed by atoms with van der Waals surface area (Å²) >= 11 is 0. The van der Waals surface area contributed by atoms with Gasteiger partial charge in [-0.25, -0.2) is 0 Å². The van der Waals surface area contributed by atoms with Crippen LogP contribution in [0.25, 0.3) is 6.08 Å². The highest BCUT2D eigenvalue weighted by atomic mass is 16.1. The third kappa shape index (κ3) is 4.56. The molecular weight excluding hydrogens is 294 g/mol. The van der Waals surface area contributed by atoms with Gasteiger partial charge in [0, 0.05) is 6.08 Å². The number of hydrogen-bond donors (Lipinski definition) is 1. The largest absolute Gasteiger partial charge is 0.342 e. The second-order valence-electron chi connectivity index (χ2n) is 5.67. The van der Waals surface area contributed by atoms with E-state index in [1.165, 1.54) is 0 Å². The van der Waals surface area contributed by atoms with Gasteiger partial charge in [0.05, 0.1) is 5.54 Å². The second kappa shape index (κ2) is 8.68. The van der Waals surface area contributed by atoms with Crippen LogP contribution >= 0.6 is 0 Å². The molecule has 2 nitrogen and oxygen atoms in total. The zero-order valence-corrected chi connectivity index (χ0v) is 13.8. The van der Waals surface area contributed by atoms with Gasteiger partial charge in [-0.1, -0.05) is 72.8 Å². The van der Waals surface area contributed by atoms with E-state index >= 15 is 0 Å². The first-order valence-corrected chi connectivity index (χ1v) is 8.03. The zero-order valence-electron chi connectivity index (χ0n) is 13.8. The number of nitrogens with one attached hydrogen (secondary N) is 1. The van der Waals surface area contributed by atoms with Gasteiger partial charge in [0.15, 0.2) is 0 Å². The summed E-state index contributed by atoms with van der Waals surface area (Å²) in [6.45, 7) is 7.70. The van der Waals surface area contributed by atoms with Crippen LogP contribution < -0.4 is 5.32 Å². The first-order valence-electron chi connectivity index (χ1n) is 8.03. The monoisotopic (exact) mass is 317 g/mol. The van der Waals surface area contributed by atoms with Crippen molar-refractivity contribution in [2.75, 3.05) is 0 Å². The average molecular weight is 317 g/mol. The lowest BCUT2D eigenvalue weighted by atomic mass is 9.83. The molecule has 1 N–H and O–H groups in total. The Labute approximate surface area is 144 Å². The molecule has 0 aliphatic heterocycles. The molecule has 122 valence electrons. The zero-order chi connectivity index (χ0) is 17.3. The molecule has 0 unspecified atom stereocenters. The summed E-state index contributed by atoms with van der Waals surface area (Å²) < 4.78 is 0. The number of carbonyl (C=O) groups excluding carboxylic acids is 1. The number of rotatable bonds is 8. The molecule has 0 aliphatic rings. The van der Waals surface area contributed by atoms with Crippen molar-refractivity contribution in [1.82, 2.24) is 5.32 Å². The maximum absolute atomic E-state index is 12.5. The lowest BCUT2D eigenvalue weighted by Gasteiger charge is -2.33. The van der Waals surface area contributed by atoms with Gasteiger partial charge in [0.1, 0.15) is 0 Å². The molecule has 0 atom stereocenters. The molecule has 2 heteroatoms. The van der Waals surface area contributed by atoms with Crippen LogP contribution in [0.2, 0.25) is 0 Å². The highest BCUT2D eigenvalue weighted by molar-refractivity contribution is 5.92. The molecule has 24 heavy (non-hydrogen) atoms. The summed E-state index contributed by atoms with van der Waals surface area (Å²) in [4.78, 5) is 12.5. The standard InChI is InChI=1S/C22H23NO/c1-3-17-22(18-4-2,20-13-9-6-10-14-20)23-21(24)16-15-19-11-7-5-8-12-19/h3-16H,1-2,17-18H2,(H,23,24)/b16-15-. The topological polar surface area (TPSA) is 29.1 Å². The molecule has 0 heterocycles. The molecule has 0 saturated heterocycles. The first kappa shape index (κ1) is 17.5. The van der Waals surface area contributed by atoms with Crippen molar-refractivity contribution in [2.45, 2.75) is 18.4 Å². The van der Waals surface area contributed by atoms with Crippen LogP contribution in [0.5, 0.6) is 0 Å². The van der Waals surface area contributed by atoms with E-state index in [1.54, 1.807) is 6.08 Å². The van der Waals surface area contributed by atoms with Gasteiger partial charge in [-0.15, -0.1) is 13.2 Å². The Morgan fingerprint density at radius 1 is 0.917 bits per heavy atom. The minimum absolute atomic E-state index is 0.133. The highest BCUT2D eigenvalue weighted by Gasteiger charge is 2.30. The van der Waals surface area contributed by atoms with Crippen LogP contribution in [-0.2, 0) is 10.3 Å². The van der Waals surface area contributed by atoms with E-state index in [0.717, 1.165) is 11.1 Å². The molecule has 2 rings (SSSR count). The average Bonchev–Trinajstić information content (AvgIpc) is 2.62. The Morgan fingerprint density at radius 3 is 2.00 bits per heavy atom. The molecule has 2 aromatic rings. The second-order valence-corrected chi connectivity index (χ2v) is 5.67. The Hall–Kier alpha value is -2.87. The van der Waals surface area contributed by atoms with E-state index < -0.39 is 5.54 Å². The molecule has 0 radical (unpaired) electrons. The maximum atomic E-state index is 12.5. The third-order valence-electron chi connectivity index (χ3n) is 3.90. The highest BCUT2D eigenvalue weighted by Crippen LogP contribution is 2.30. The summed E-state index contributed by atoms with van der Waals surface area (Å²) in [5.74, 6) is -0.133. The Balaban J connectivity index is 2.24. The normalized spacial score (nSPS) is 11.2. The Bertz CT molecular complexity index is 691. The Morgan fingerprint density at radius 2 is 1.46 bits per heavy atom. The SMILES string of the molecule is C=CCC(CC=C)(NC(=O)/C=C\c1ccccc1)c1ccccc1. The molecule has 0 aromatic heterocycles. The molecule has 0 bridgehead atoms. The van der Waals surface area contributed by atoms with Gasteiger partial charge in [-0.05, 0) is 30.0 Å². The predicted octanol–water partition coefficient (Wildman–Crippen LogP) is 4.86. The minimum Gasteiger partial charge on any atom is -0.342 e. The van der Waals surface area contributed by atoms with E-state index in [-0.39, 0.29) is 5.91 Å². The molecule has 2 aromatic carbocycles. The predicted molar refractivity (Wildman–Crippen MR) is 101 cm³/mol. The van der Waals surface area contributed by atoms with E-state index in [4.69, 9.17) is 0 Å². The molecule has 0 saturated carbocycles. The van der Waals surface area contributed by atoms with Crippen molar-refractivity contribution in [2.24, 2.45) is 0 Å². The van der Waals surface area contributed by atoms with E-state index in [1.807, 2.05) is 78.9 Å². The lowest BCUT2D eigenvalue weighted by molar-refractivity contribution is -0.118. The van der Waals surface area contributed by atoms with E-state index in [0.29, 0.717) is 12.8 Å². The number of hydrogen-bond acceptors (Lipinski definition) is 1. The van der Waals surface area contributed by atoms with Crippen LogP contribution in [0.3, 0.4) is 0 Å². The third-order valence-corrected chi connectivity index (χ3v) is 3.90. The van der Waals surface area contributed by atoms with Crippen molar-refractivity contribution in [1.29, 1.82) is 0 Å². The van der Waals surface area contributed by atoms with Gasteiger partial charge in [-0.2, -0.15) is 0 Å². The molecule has 1 amide bonds. The van der Waals surface area contributed by atoms with Gasteiger partial charge < -0.3 is 5.32 Å². The molecule has 0 aliphatic carbocycles. The van der Waals surface area contributed by atoms with Crippen LogP contribution in [0.4, 0.5) is 0 Å². The molecular formula is C22H23NO. The summed E-state index contributed by atoms with van der Waals surface area (Å²) in [7, 11) is 0. The van der Waals surface area contributed by atoms with Gasteiger partial charge in [0.25, 0.3) is 0 Å². The van der Waals surface area contributed by atoms with Crippen LogP contribution in [0, 0.1) is 0 Å². The first-order chi connectivity index (χ1) is 11.7. The summed E-state index contributed by atoms with van der Waals surface area (Å²) in [6.07, 6.45) is 8.31. The number of benzene rings is 2. The fraction of sp³-hybridized carbons (Fsp3) is 0.136. The smallest absolute Gasteiger partial charge is 0.244 e. The summed E-state index contributed by atoms with van der Waals surface area (Å²) in [5, 5.41) is 3.15. The minimum atomic E-state index is -0.525. The summed E-state index contributed by atoms with van der Waals surface area (Å²) in [5.41, 5.74) is 1.51. The van der Waals surface area contributed by atoms with Gasteiger partial charge >= 0.3 is 0 Å². The fourth-order valence-electron chi connectivity index (χ4n) is 2.76. The van der Waals surface area contributed by atoms with Gasteiger partial charge in [0.2, 0.25) is 5.91 Å². The van der Waals surface area contributed by atoms with Crippen molar-refractivity contribution < 1.29 is 4.79 Å². The van der Waals surface area contributed by atoms with Gasteiger partial charge in [-0.3, -0.25) is 4.79 Å². The van der Waals surface area contributed by atoms with Crippen molar-refractivity contribution in [3.05, 3.63) is 103 Å². The maximum Gasteiger partial charge on any atom is 0.244 e. The fourth-order valence-corrected chi connectivity index (χ4v) is 2.76. The lowest BCUT2D eigenvalue weighted by Crippen LogP contribution is -2.44. The summed E-state index contributed by atoms with van der Waals surface area (Å²) in [6, 6.07) is 19.7. The van der Waals surface area contributed by atoms with E-state index in [9.17, 15) is 4.79 Å². The van der Waals surface area contributed by atoms with Crippen LogP contribution in [0.1, 0.15) is 24.0 Å². The molecule has 0 fully saturated rings. The Kier molecular flexibility index (Phi) is 6.32. The molecule has 0 spiro atoms. The quantitative estimate of drug-likeness (QED) is 0.546. The number of carbonyl (C=O) groups is 1. The van der Waals surface area contributed by atoms with Crippen LogP contribution in [0.15, 0.2) is 92.0 Å². The van der Waals surface area contributed by atoms with Crippen molar-refractivity contribution in [3.63, 3.8) is 0 Å².